The number of nitrogens with two attached hydrogens (primary N) is 1. The highest BCUT2D eigenvalue weighted by Crippen LogP contribution is 2.29. The molecule has 1 aliphatic heterocycles. The van der Waals surface area contributed by atoms with E-state index in [2.05, 4.69) is 20.4 Å². The highest BCUT2D eigenvalue weighted by Gasteiger charge is 2.41. The molecule has 4 heterocycles. The van der Waals surface area contributed by atoms with Crippen molar-refractivity contribution in [2.75, 3.05) is 25.9 Å². The molecule has 4 rings (SSSR count). The van der Waals surface area contributed by atoms with Gasteiger partial charge in [0.05, 0.1) is 24.1 Å². The molecule has 3 aromatic rings. The molecule has 0 radical (unpaired) electrons. The second-order valence-electron chi connectivity index (χ2n) is 8.41. The Kier molecular flexibility index (Phi) is 6.16. The summed E-state index contributed by atoms with van der Waals surface area (Å²) in [6.07, 6.45) is 1.31. The summed E-state index contributed by atoms with van der Waals surface area (Å²) in [5, 5.41) is 6.16. The van der Waals surface area contributed by atoms with Crippen molar-refractivity contribution in [3.05, 3.63) is 35.8 Å². The smallest absolute Gasteiger partial charge is 0.257 e. The van der Waals surface area contributed by atoms with Gasteiger partial charge < -0.3 is 15.8 Å². The van der Waals surface area contributed by atoms with Crippen molar-refractivity contribution in [1.29, 1.82) is 0 Å². The number of fused-ring (bicyclic) bond motifs is 1. The topological polar surface area (TPSA) is 145 Å². The van der Waals surface area contributed by atoms with E-state index in [1.807, 2.05) is 13.0 Å². The van der Waals surface area contributed by atoms with Crippen molar-refractivity contribution in [2.45, 2.75) is 38.2 Å². The Balaban J connectivity index is 1.65. The highest BCUT2D eigenvalue weighted by atomic mass is 32.2. The first-order valence-electron chi connectivity index (χ1n) is 10.6. The molecule has 13 heteroatoms. The van der Waals surface area contributed by atoms with Crippen molar-refractivity contribution >= 4 is 27.3 Å². The minimum absolute atomic E-state index is 0.0491. The molecule has 0 bridgehead atoms. The summed E-state index contributed by atoms with van der Waals surface area (Å²) >= 11 is 0. The van der Waals surface area contributed by atoms with Crippen molar-refractivity contribution in [3.63, 3.8) is 0 Å². The average Bonchev–Trinajstić information content (AvgIpc) is 3.34. The first-order chi connectivity index (χ1) is 16.0. The lowest BCUT2D eigenvalue weighted by Gasteiger charge is -2.19. The first kappa shape index (κ1) is 23.8. The summed E-state index contributed by atoms with van der Waals surface area (Å²) in [6.45, 7) is 4.46. The Hall–Kier alpha value is -3.32. The van der Waals surface area contributed by atoms with Crippen LogP contribution in [-0.2, 0) is 10.0 Å². The van der Waals surface area contributed by atoms with Gasteiger partial charge in [0.1, 0.15) is 23.6 Å². The molecule has 0 aromatic carbocycles. The van der Waals surface area contributed by atoms with Crippen LogP contribution in [0.1, 0.15) is 29.8 Å². The van der Waals surface area contributed by atoms with Crippen LogP contribution in [0.4, 0.5) is 10.2 Å². The Morgan fingerprint density at radius 3 is 2.71 bits per heavy atom. The van der Waals surface area contributed by atoms with E-state index in [4.69, 9.17) is 10.5 Å². The zero-order valence-electron chi connectivity index (χ0n) is 19.2. The number of aromatic nitrogens is 4. The van der Waals surface area contributed by atoms with Gasteiger partial charge in [-0.15, -0.1) is 0 Å². The zero-order valence-corrected chi connectivity index (χ0v) is 20.0. The van der Waals surface area contributed by atoms with Crippen molar-refractivity contribution in [1.82, 2.24) is 29.2 Å². The quantitative estimate of drug-likeness (QED) is 0.523. The van der Waals surface area contributed by atoms with Crippen LogP contribution in [0.5, 0.6) is 5.88 Å². The average molecular weight is 492 g/mol. The summed E-state index contributed by atoms with van der Waals surface area (Å²) in [4.78, 5) is 21.3. The van der Waals surface area contributed by atoms with Crippen LogP contribution in [-0.4, -0.2) is 75.9 Å². The first-order valence-corrected chi connectivity index (χ1v) is 12.1. The number of amides is 1. The third-order valence-corrected chi connectivity index (χ3v) is 8.05. The maximum absolute atomic E-state index is 14.7. The van der Waals surface area contributed by atoms with Crippen LogP contribution in [0.15, 0.2) is 24.7 Å². The minimum atomic E-state index is -3.64. The Labute approximate surface area is 196 Å². The lowest BCUT2D eigenvalue weighted by Crippen LogP contribution is -2.42. The van der Waals surface area contributed by atoms with Gasteiger partial charge in [0.15, 0.2) is 5.82 Å². The van der Waals surface area contributed by atoms with E-state index < -0.39 is 33.4 Å². The van der Waals surface area contributed by atoms with Crippen LogP contribution in [0.2, 0.25) is 0 Å². The van der Waals surface area contributed by atoms with Gasteiger partial charge in [-0.1, -0.05) is 0 Å². The number of carbonyl (C=O) groups is 1. The zero-order chi connectivity index (χ0) is 24.8. The fraction of sp³-hybridized carbons (Fsp3) is 0.429. The number of aryl methyl sites for hydroxylation is 1. The summed E-state index contributed by atoms with van der Waals surface area (Å²) < 4.78 is 47.4. The molecule has 3 N–H and O–H groups in total. The molecule has 0 spiro atoms. The number of hydrogen-bond acceptors (Lipinski definition) is 8. The number of nitrogen functional groups attached to an aromatic ring is 1. The number of sulfonamides is 1. The van der Waals surface area contributed by atoms with Crippen LogP contribution in [0.25, 0.3) is 16.8 Å². The van der Waals surface area contributed by atoms with Gasteiger partial charge >= 0.3 is 0 Å². The molecule has 1 saturated heterocycles. The number of rotatable bonds is 6. The van der Waals surface area contributed by atoms with Gasteiger partial charge in [-0.25, -0.2) is 27.3 Å². The molecular formula is C21H26FN7O4S. The maximum atomic E-state index is 14.7. The summed E-state index contributed by atoms with van der Waals surface area (Å²) in [7, 11) is -2.27. The monoisotopic (exact) mass is 491 g/mol. The van der Waals surface area contributed by atoms with Gasteiger partial charge in [0, 0.05) is 24.8 Å². The van der Waals surface area contributed by atoms with Gasteiger partial charge in [0.25, 0.3) is 5.91 Å². The molecule has 0 saturated carbocycles. The van der Waals surface area contributed by atoms with E-state index in [1.54, 1.807) is 10.6 Å². The van der Waals surface area contributed by atoms with E-state index in [0.717, 1.165) is 9.87 Å². The predicted molar refractivity (Wildman–Crippen MR) is 124 cm³/mol. The molecule has 182 valence electrons. The van der Waals surface area contributed by atoms with Crippen LogP contribution < -0.4 is 15.8 Å². The van der Waals surface area contributed by atoms with Gasteiger partial charge in [-0.3, -0.25) is 4.79 Å². The van der Waals surface area contributed by atoms with Crippen molar-refractivity contribution < 1.29 is 22.3 Å². The molecular weight excluding hydrogens is 465 g/mol. The number of pyridine rings is 1. The van der Waals surface area contributed by atoms with E-state index in [0.29, 0.717) is 22.6 Å². The molecule has 1 unspecified atom stereocenters. The molecule has 2 atom stereocenters. The molecule has 3 aromatic heterocycles. The molecule has 0 aliphatic carbocycles. The molecule has 34 heavy (non-hydrogen) atoms. The van der Waals surface area contributed by atoms with E-state index in [9.17, 15) is 17.6 Å². The van der Waals surface area contributed by atoms with Gasteiger partial charge in [-0.2, -0.15) is 9.40 Å². The third kappa shape index (κ3) is 4.05. The van der Waals surface area contributed by atoms with Gasteiger partial charge in [0.2, 0.25) is 15.9 Å². The lowest BCUT2D eigenvalue weighted by atomic mass is 10.1. The minimum Gasteiger partial charge on any atom is -0.480 e. The lowest BCUT2D eigenvalue weighted by molar-refractivity contribution is 0.0920. The van der Waals surface area contributed by atoms with Crippen LogP contribution in [0, 0.1) is 6.92 Å². The summed E-state index contributed by atoms with van der Waals surface area (Å²) in [5.41, 5.74) is 8.72. The number of nitrogens with zero attached hydrogens (tertiary/aromatic N) is 5. The Morgan fingerprint density at radius 2 is 2.03 bits per heavy atom. The molecule has 1 fully saturated rings. The summed E-state index contributed by atoms with van der Waals surface area (Å²) in [5.74, 6) is -0.267. The molecule has 1 amide bonds. The molecule has 11 nitrogen and oxygen atoms in total. The standard InChI is InChI=1S/C21H26FN7O4S/c1-11(2)34(31,32)28-8-15(22)16(9-28)27-20(30)14-6-13(7-24-21(14)33-4)17-5-12(3)18-19(23)25-10-26-29(17)18/h5-7,10-11,15-16H,8-9H2,1-4H3,(H,27,30)(H2,23,25,26)/t15-,16?/m0/s1. The fourth-order valence-corrected chi connectivity index (χ4v) is 5.31. The number of halogens is 1. The van der Waals surface area contributed by atoms with Crippen molar-refractivity contribution in [3.8, 4) is 17.1 Å². The Bertz CT molecular complexity index is 1360. The third-order valence-electron chi connectivity index (χ3n) is 5.85. The number of carbonyl (C=O) groups excluding carboxylic acids is 1. The van der Waals surface area contributed by atoms with E-state index in [-0.39, 0.29) is 24.5 Å². The van der Waals surface area contributed by atoms with Gasteiger partial charge in [-0.05, 0) is 38.5 Å². The van der Waals surface area contributed by atoms with E-state index >= 15 is 0 Å². The number of alkyl halides is 1. The number of methoxy groups -OCH3 is 1. The largest absolute Gasteiger partial charge is 0.480 e. The number of anilines is 1. The SMILES string of the molecule is COc1ncc(-c2cc(C)c3c(N)ncnn23)cc1C(=O)NC1CN(S(=O)(=O)C(C)C)C[C@@H]1F. The maximum Gasteiger partial charge on any atom is 0.257 e. The predicted octanol–water partition coefficient (Wildman–Crippen LogP) is 1.18. The van der Waals surface area contributed by atoms with Crippen molar-refractivity contribution in [2.24, 2.45) is 0 Å². The number of ether oxygens (including phenoxy) is 1. The number of hydrogen-bond donors (Lipinski definition) is 2. The number of nitrogens with one attached hydrogen (secondary N) is 1. The normalized spacial score (nSPS) is 19.1. The Morgan fingerprint density at radius 1 is 1.29 bits per heavy atom. The summed E-state index contributed by atoms with van der Waals surface area (Å²) in [6, 6.07) is 2.40. The fourth-order valence-electron chi connectivity index (χ4n) is 3.99. The highest BCUT2D eigenvalue weighted by molar-refractivity contribution is 7.89. The second-order valence-corrected chi connectivity index (χ2v) is 10.9. The van der Waals surface area contributed by atoms with Crippen LogP contribution in [0.3, 0.4) is 0 Å². The van der Waals surface area contributed by atoms with Crippen LogP contribution >= 0.6 is 0 Å². The van der Waals surface area contributed by atoms with E-state index in [1.165, 1.54) is 33.5 Å². The second kappa shape index (κ2) is 8.80. The molecule has 1 aliphatic rings.